The van der Waals surface area contributed by atoms with Crippen LogP contribution in [0.25, 0.3) is 5.57 Å². The molecule has 0 radical (unpaired) electrons. The highest BCUT2D eigenvalue weighted by Gasteiger charge is 2.42. The Balaban J connectivity index is 1.68. The minimum atomic E-state index is -0.0984. The number of nitrogens with one attached hydrogen (secondary N) is 1. The molecule has 3 aromatic rings. The summed E-state index contributed by atoms with van der Waals surface area (Å²) in [6.07, 6.45) is 4.17. The molecule has 2 aliphatic heterocycles. The highest BCUT2D eigenvalue weighted by Crippen LogP contribution is 2.46. The molecule has 5 rings (SSSR count). The highest BCUT2D eigenvalue weighted by molar-refractivity contribution is 7.80. The number of rotatable bonds is 4. The SMILES string of the molecule is COc1ccccc1N1C(=S)N[C@H](c2ccccn2)[C@@H]1c1ccc2c(c1)C(C)=CC(C)(C)N2C. The summed E-state index contributed by atoms with van der Waals surface area (Å²) in [5.74, 6) is 0.786. The van der Waals surface area contributed by atoms with Crippen molar-refractivity contribution in [2.45, 2.75) is 38.4 Å². The van der Waals surface area contributed by atoms with Gasteiger partial charge in [0.1, 0.15) is 5.75 Å². The van der Waals surface area contributed by atoms with Crippen LogP contribution in [0.2, 0.25) is 0 Å². The summed E-state index contributed by atoms with van der Waals surface area (Å²) in [7, 11) is 3.85. The standard InChI is InChI=1S/C28H30N4OS/c1-18-17-28(2,3)31(4)22-14-13-19(16-20(18)22)26-25(21-10-8-9-15-29-21)30-27(34)32(26)23-11-6-7-12-24(23)33-5/h6-17,25-26H,1-5H3,(H,30,34)/t25-,26+/m1/s1. The van der Waals surface area contributed by atoms with Crippen LogP contribution in [0, 0.1) is 0 Å². The van der Waals surface area contributed by atoms with Gasteiger partial charge in [-0.05, 0) is 80.5 Å². The molecule has 0 spiro atoms. The number of benzene rings is 2. The van der Waals surface area contributed by atoms with Crippen molar-refractivity contribution in [3.8, 4) is 5.75 Å². The van der Waals surface area contributed by atoms with Crippen LogP contribution in [-0.4, -0.2) is 29.8 Å². The molecule has 0 aliphatic carbocycles. The zero-order valence-electron chi connectivity index (χ0n) is 20.2. The van der Waals surface area contributed by atoms with E-state index in [-0.39, 0.29) is 17.6 Å². The number of likely N-dealkylation sites (N-methyl/N-ethyl adjacent to an activating group) is 1. The van der Waals surface area contributed by atoms with Crippen molar-refractivity contribution in [1.82, 2.24) is 10.3 Å². The van der Waals surface area contributed by atoms with Crippen LogP contribution in [0.4, 0.5) is 11.4 Å². The first-order valence-corrected chi connectivity index (χ1v) is 11.9. The van der Waals surface area contributed by atoms with E-state index in [0.29, 0.717) is 5.11 Å². The van der Waals surface area contributed by atoms with Crippen molar-refractivity contribution in [3.05, 3.63) is 89.8 Å². The summed E-state index contributed by atoms with van der Waals surface area (Å²) >= 11 is 5.89. The maximum Gasteiger partial charge on any atom is 0.174 e. The molecule has 2 aromatic carbocycles. The lowest BCUT2D eigenvalue weighted by atomic mass is 9.86. The summed E-state index contributed by atoms with van der Waals surface area (Å²) in [6.45, 7) is 6.68. The number of hydrogen-bond donors (Lipinski definition) is 1. The Morgan fingerprint density at radius 2 is 1.79 bits per heavy atom. The van der Waals surface area contributed by atoms with Crippen molar-refractivity contribution in [2.24, 2.45) is 0 Å². The molecule has 34 heavy (non-hydrogen) atoms. The molecule has 2 aliphatic rings. The van der Waals surface area contributed by atoms with E-state index in [1.54, 1.807) is 7.11 Å². The number of hydrogen-bond acceptors (Lipinski definition) is 4. The minimum absolute atomic E-state index is 0.0327. The smallest absolute Gasteiger partial charge is 0.174 e. The molecule has 0 unspecified atom stereocenters. The van der Waals surface area contributed by atoms with Gasteiger partial charge in [-0.3, -0.25) is 4.98 Å². The van der Waals surface area contributed by atoms with E-state index in [0.717, 1.165) is 17.1 Å². The van der Waals surface area contributed by atoms with E-state index in [9.17, 15) is 0 Å². The van der Waals surface area contributed by atoms with Gasteiger partial charge in [-0.15, -0.1) is 0 Å². The van der Waals surface area contributed by atoms with Gasteiger partial charge in [-0.2, -0.15) is 0 Å². The average molecular weight is 471 g/mol. The van der Waals surface area contributed by atoms with Crippen LogP contribution >= 0.6 is 12.2 Å². The van der Waals surface area contributed by atoms with Gasteiger partial charge < -0.3 is 19.9 Å². The third-order valence-corrected chi connectivity index (χ3v) is 7.34. The largest absolute Gasteiger partial charge is 0.495 e. The lowest BCUT2D eigenvalue weighted by molar-refractivity contribution is 0.414. The van der Waals surface area contributed by atoms with E-state index in [1.807, 2.05) is 36.5 Å². The summed E-state index contributed by atoms with van der Waals surface area (Å²) in [5.41, 5.74) is 6.80. The van der Waals surface area contributed by atoms with Gasteiger partial charge >= 0.3 is 0 Å². The van der Waals surface area contributed by atoms with Crippen LogP contribution in [0.15, 0.2) is 72.9 Å². The van der Waals surface area contributed by atoms with E-state index < -0.39 is 0 Å². The Labute approximate surface area is 207 Å². The Morgan fingerprint density at radius 1 is 1.03 bits per heavy atom. The van der Waals surface area contributed by atoms with Gasteiger partial charge in [-0.25, -0.2) is 0 Å². The number of nitrogens with zero attached hydrogens (tertiary/aromatic N) is 3. The van der Waals surface area contributed by atoms with Gasteiger partial charge in [0, 0.05) is 24.5 Å². The fourth-order valence-electron chi connectivity index (χ4n) is 5.14. The number of thiocarbonyl (C=S) groups is 1. The van der Waals surface area contributed by atoms with Crippen LogP contribution in [0.5, 0.6) is 5.75 Å². The number of anilines is 2. The molecule has 0 amide bonds. The van der Waals surface area contributed by atoms with Crippen molar-refractivity contribution in [2.75, 3.05) is 24.0 Å². The van der Waals surface area contributed by atoms with E-state index in [1.165, 1.54) is 22.4 Å². The topological polar surface area (TPSA) is 40.6 Å². The van der Waals surface area contributed by atoms with Crippen LogP contribution < -0.4 is 19.9 Å². The number of aromatic nitrogens is 1. The lowest BCUT2D eigenvalue weighted by Gasteiger charge is -2.41. The zero-order valence-corrected chi connectivity index (χ0v) is 21.1. The second-order valence-electron chi connectivity index (χ2n) is 9.49. The lowest BCUT2D eigenvalue weighted by Crippen LogP contribution is -2.42. The van der Waals surface area contributed by atoms with Crippen molar-refractivity contribution >= 4 is 34.3 Å². The summed E-state index contributed by atoms with van der Waals surface area (Å²) in [4.78, 5) is 9.19. The number of ether oxygens (including phenoxy) is 1. The fraction of sp³-hybridized carbons (Fsp3) is 0.286. The minimum Gasteiger partial charge on any atom is -0.495 e. The van der Waals surface area contributed by atoms with Crippen molar-refractivity contribution < 1.29 is 4.74 Å². The molecule has 1 fully saturated rings. The van der Waals surface area contributed by atoms with E-state index in [4.69, 9.17) is 17.0 Å². The highest BCUT2D eigenvalue weighted by atomic mass is 32.1. The summed E-state index contributed by atoms with van der Waals surface area (Å²) in [6, 6.07) is 20.6. The van der Waals surface area contributed by atoms with E-state index in [2.05, 4.69) is 84.3 Å². The predicted molar refractivity (Wildman–Crippen MR) is 144 cm³/mol. The summed E-state index contributed by atoms with van der Waals surface area (Å²) in [5, 5.41) is 4.21. The molecule has 0 saturated carbocycles. The van der Waals surface area contributed by atoms with Gasteiger partial charge in [0.05, 0.1) is 36.1 Å². The van der Waals surface area contributed by atoms with Gasteiger partial charge in [0.25, 0.3) is 0 Å². The molecule has 6 heteroatoms. The molecular formula is C28H30N4OS. The molecule has 0 bridgehead atoms. The molecule has 3 heterocycles. The normalized spacial score (nSPS) is 21.1. The fourth-order valence-corrected chi connectivity index (χ4v) is 5.48. The van der Waals surface area contributed by atoms with Crippen LogP contribution in [-0.2, 0) is 0 Å². The van der Waals surface area contributed by atoms with Crippen LogP contribution in [0.3, 0.4) is 0 Å². The third-order valence-electron chi connectivity index (χ3n) is 7.03. The molecular weight excluding hydrogens is 440 g/mol. The molecule has 2 atom stereocenters. The molecule has 1 aromatic heterocycles. The van der Waals surface area contributed by atoms with Gasteiger partial charge in [-0.1, -0.05) is 30.3 Å². The van der Waals surface area contributed by atoms with Crippen LogP contribution in [0.1, 0.15) is 49.7 Å². The monoisotopic (exact) mass is 470 g/mol. The third kappa shape index (κ3) is 3.62. The second-order valence-corrected chi connectivity index (χ2v) is 9.87. The summed E-state index contributed by atoms with van der Waals surface area (Å²) < 4.78 is 5.72. The number of para-hydroxylation sites is 2. The van der Waals surface area contributed by atoms with Gasteiger partial charge in [0.2, 0.25) is 0 Å². The second kappa shape index (κ2) is 8.44. The maximum atomic E-state index is 5.89. The first-order valence-electron chi connectivity index (χ1n) is 11.5. The first kappa shape index (κ1) is 22.4. The molecule has 1 N–H and O–H groups in total. The zero-order chi connectivity index (χ0) is 24.0. The number of methoxy groups -OCH3 is 1. The average Bonchev–Trinajstić information content (AvgIpc) is 3.19. The molecule has 1 saturated heterocycles. The Morgan fingerprint density at radius 3 is 2.53 bits per heavy atom. The van der Waals surface area contributed by atoms with Crippen molar-refractivity contribution in [1.29, 1.82) is 0 Å². The number of pyridine rings is 1. The first-order chi connectivity index (χ1) is 16.3. The maximum absolute atomic E-state index is 5.89. The molecule has 174 valence electrons. The Bertz CT molecular complexity index is 1270. The Kier molecular flexibility index (Phi) is 5.56. The quantitative estimate of drug-likeness (QED) is 0.479. The van der Waals surface area contributed by atoms with Crippen molar-refractivity contribution in [3.63, 3.8) is 0 Å². The number of allylic oxidation sites excluding steroid dienone is 1. The van der Waals surface area contributed by atoms with E-state index >= 15 is 0 Å². The number of fused-ring (bicyclic) bond motifs is 1. The Hall–Kier alpha value is -3.38. The predicted octanol–water partition coefficient (Wildman–Crippen LogP) is 5.90. The van der Waals surface area contributed by atoms with Gasteiger partial charge in [0.15, 0.2) is 5.11 Å². The molecule has 5 nitrogen and oxygen atoms in total.